The first-order chi connectivity index (χ1) is 18.2. The number of aryl methyl sites for hydroxylation is 2. The fraction of sp³-hybridized carbons (Fsp3) is 0.241. The minimum absolute atomic E-state index is 0. The van der Waals surface area contributed by atoms with Crippen molar-refractivity contribution in [1.29, 1.82) is 0 Å². The fourth-order valence-electron chi connectivity index (χ4n) is 3.85. The van der Waals surface area contributed by atoms with E-state index in [9.17, 15) is 19.2 Å². The normalized spacial score (nSPS) is 13.9. The molecule has 5 N–H and O–H groups in total. The standard InChI is InChI=1S/C17H19N3O2.C12H13NO3.3H2/c1-12-5-3-4-6-16(12)20-17(22)19-15-9-7-14(8-10-15)11-18-13(2)21;14-11-6-5-8-3-1-2-4-9(8)13-10(11)7-12(15)16;;;/h3-10H,11H2,1-2H3,(H,18,21)(H2,19,20,22);1-4,10,13H,5-7H2,(H,15,16);3*1H. The second-order valence-corrected chi connectivity index (χ2v) is 8.92. The van der Waals surface area contributed by atoms with Crippen molar-refractivity contribution < 1.29 is 28.6 Å². The summed E-state index contributed by atoms with van der Waals surface area (Å²) in [6, 6.07) is 21.7. The summed E-state index contributed by atoms with van der Waals surface area (Å²) < 4.78 is 0. The van der Waals surface area contributed by atoms with E-state index >= 15 is 0 Å². The Kier molecular flexibility index (Phi) is 9.99. The number of benzene rings is 3. The highest BCUT2D eigenvalue weighted by atomic mass is 16.4. The van der Waals surface area contributed by atoms with Crippen LogP contribution in [0, 0.1) is 6.92 Å². The van der Waals surface area contributed by atoms with Gasteiger partial charge in [0.2, 0.25) is 5.91 Å². The molecule has 204 valence electrons. The number of carbonyl (C=O) groups excluding carboxylic acids is 3. The number of urea groups is 1. The molecule has 0 saturated carbocycles. The number of rotatable bonds is 6. The second kappa shape index (κ2) is 13.6. The number of carboxylic acid groups (broad SMARTS) is 1. The van der Waals surface area contributed by atoms with Crippen LogP contribution in [0.4, 0.5) is 21.9 Å². The molecule has 9 nitrogen and oxygen atoms in total. The molecule has 0 fully saturated rings. The molecule has 1 aliphatic rings. The maximum absolute atomic E-state index is 12.0. The van der Waals surface area contributed by atoms with E-state index in [1.54, 1.807) is 12.1 Å². The molecule has 0 radical (unpaired) electrons. The average Bonchev–Trinajstić information content (AvgIpc) is 3.03. The van der Waals surface area contributed by atoms with Gasteiger partial charge in [-0.25, -0.2) is 4.79 Å². The maximum Gasteiger partial charge on any atom is 0.323 e. The first kappa shape index (κ1) is 27.9. The summed E-state index contributed by atoms with van der Waals surface area (Å²) >= 11 is 0. The van der Waals surface area contributed by atoms with Gasteiger partial charge in [0.05, 0.1) is 12.5 Å². The summed E-state index contributed by atoms with van der Waals surface area (Å²) in [5.74, 6) is -1.05. The van der Waals surface area contributed by atoms with Gasteiger partial charge in [-0.3, -0.25) is 14.4 Å². The average molecular weight is 523 g/mol. The zero-order valence-electron chi connectivity index (χ0n) is 21.4. The Morgan fingerprint density at radius 2 is 1.63 bits per heavy atom. The summed E-state index contributed by atoms with van der Waals surface area (Å²) in [6.45, 7) is 3.89. The third kappa shape index (κ3) is 8.77. The molecule has 1 aliphatic heterocycles. The molecule has 0 bridgehead atoms. The lowest BCUT2D eigenvalue weighted by atomic mass is 10.0. The molecule has 1 atom stereocenters. The molecular formula is C29H38N4O5. The van der Waals surface area contributed by atoms with Crippen LogP contribution in [0.25, 0.3) is 0 Å². The Morgan fingerprint density at radius 3 is 2.32 bits per heavy atom. The lowest BCUT2D eigenvalue weighted by Gasteiger charge is -2.14. The molecule has 3 aromatic rings. The Hall–Kier alpha value is -4.66. The molecule has 38 heavy (non-hydrogen) atoms. The molecule has 0 aliphatic carbocycles. The van der Waals surface area contributed by atoms with Crippen LogP contribution in [0.15, 0.2) is 72.8 Å². The van der Waals surface area contributed by atoms with Crippen molar-refractivity contribution in [3.63, 3.8) is 0 Å². The highest BCUT2D eigenvalue weighted by Crippen LogP contribution is 2.23. The van der Waals surface area contributed by atoms with Gasteiger partial charge >= 0.3 is 12.0 Å². The number of ketones is 1. The van der Waals surface area contributed by atoms with Crippen molar-refractivity contribution in [1.82, 2.24) is 5.32 Å². The summed E-state index contributed by atoms with van der Waals surface area (Å²) in [5, 5.41) is 20.0. The van der Waals surface area contributed by atoms with Crippen LogP contribution in [-0.4, -0.2) is 34.8 Å². The zero-order chi connectivity index (χ0) is 27.5. The van der Waals surface area contributed by atoms with Gasteiger partial charge < -0.3 is 26.4 Å². The number of para-hydroxylation sites is 2. The van der Waals surface area contributed by atoms with Crippen LogP contribution in [0.3, 0.4) is 0 Å². The van der Waals surface area contributed by atoms with Crippen LogP contribution >= 0.6 is 0 Å². The van der Waals surface area contributed by atoms with Crippen molar-refractivity contribution >= 4 is 40.8 Å². The van der Waals surface area contributed by atoms with Gasteiger partial charge in [0.15, 0.2) is 5.78 Å². The highest BCUT2D eigenvalue weighted by molar-refractivity contribution is 6.00. The Morgan fingerprint density at radius 1 is 0.947 bits per heavy atom. The highest BCUT2D eigenvalue weighted by Gasteiger charge is 2.24. The van der Waals surface area contributed by atoms with E-state index in [2.05, 4.69) is 21.3 Å². The van der Waals surface area contributed by atoms with Gasteiger partial charge in [-0.1, -0.05) is 48.5 Å². The summed E-state index contributed by atoms with van der Waals surface area (Å²) in [5.41, 5.74) is 5.40. The van der Waals surface area contributed by atoms with Gasteiger partial charge in [-0.05, 0) is 54.3 Å². The molecule has 9 heteroatoms. The van der Waals surface area contributed by atoms with E-state index < -0.39 is 12.0 Å². The maximum atomic E-state index is 12.0. The number of aliphatic carboxylic acids is 1. The number of Topliss-reactive ketones (excluding diaryl/α,β-unsaturated/α-hetero) is 1. The molecular weight excluding hydrogens is 484 g/mol. The lowest BCUT2D eigenvalue weighted by molar-refractivity contribution is -0.138. The number of amides is 3. The van der Waals surface area contributed by atoms with E-state index in [1.165, 1.54) is 6.92 Å². The van der Waals surface area contributed by atoms with E-state index in [1.807, 2.05) is 67.6 Å². The van der Waals surface area contributed by atoms with E-state index in [0.717, 1.165) is 28.1 Å². The number of carboxylic acids is 1. The number of hydrogen-bond donors (Lipinski definition) is 5. The van der Waals surface area contributed by atoms with Gasteiger partial charge in [-0.15, -0.1) is 0 Å². The topological polar surface area (TPSA) is 137 Å². The molecule has 0 saturated heterocycles. The predicted octanol–water partition coefficient (Wildman–Crippen LogP) is 5.47. The molecule has 1 unspecified atom stereocenters. The quantitative estimate of drug-likeness (QED) is 0.291. The van der Waals surface area contributed by atoms with Crippen molar-refractivity contribution in [3.05, 3.63) is 89.5 Å². The number of fused-ring (bicyclic) bond motifs is 1. The van der Waals surface area contributed by atoms with Crippen molar-refractivity contribution in [2.24, 2.45) is 0 Å². The van der Waals surface area contributed by atoms with Crippen LogP contribution in [-0.2, 0) is 27.3 Å². The molecule has 0 aromatic heterocycles. The van der Waals surface area contributed by atoms with Gasteiger partial charge in [0, 0.05) is 41.2 Å². The summed E-state index contributed by atoms with van der Waals surface area (Å²) in [7, 11) is 0. The van der Waals surface area contributed by atoms with Crippen LogP contribution < -0.4 is 21.3 Å². The van der Waals surface area contributed by atoms with Gasteiger partial charge in [-0.2, -0.15) is 0 Å². The third-order valence-corrected chi connectivity index (χ3v) is 5.90. The van der Waals surface area contributed by atoms with Crippen molar-refractivity contribution in [3.8, 4) is 0 Å². The van der Waals surface area contributed by atoms with Crippen LogP contribution in [0.1, 0.15) is 40.7 Å². The Balaban J connectivity index is 0.000000756. The number of hydrogen-bond acceptors (Lipinski definition) is 5. The Bertz CT molecular complexity index is 1310. The number of nitrogens with one attached hydrogen (secondary N) is 4. The molecule has 1 heterocycles. The zero-order valence-corrected chi connectivity index (χ0v) is 21.4. The minimum atomic E-state index is -0.953. The largest absolute Gasteiger partial charge is 0.481 e. The van der Waals surface area contributed by atoms with Gasteiger partial charge in [0.1, 0.15) is 0 Å². The smallest absolute Gasteiger partial charge is 0.323 e. The minimum Gasteiger partial charge on any atom is -0.481 e. The first-order valence-electron chi connectivity index (χ1n) is 12.3. The van der Waals surface area contributed by atoms with Crippen LogP contribution in [0.5, 0.6) is 0 Å². The van der Waals surface area contributed by atoms with E-state index in [0.29, 0.717) is 25.1 Å². The molecule has 3 aromatic carbocycles. The molecule has 4 rings (SSSR count). The lowest BCUT2D eigenvalue weighted by Crippen LogP contribution is -2.30. The predicted molar refractivity (Wildman–Crippen MR) is 154 cm³/mol. The second-order valence-electron chi connectivity index (χ2n) is 8.92. The monoisotopic (exact) mass is 522 g/mol. The fourth-order valence-corrected chi connectivity index (χ4v) is 3.85. The number of anilines is 3. The SMILES string of the molecule is CC(=O)NCc1ccc(NC(=O)Nc2ccccc2C)cc1.O=C(O)CC1Nc2ccccc2CCC1=O.[HH].[HH].[HH]. The number of carbonyl (C=O) groups is 4. The third-order valence-electron chi connectivity index (χ3n) is 5.90. The van der Waals surface area contributed by atoms with E-state index in [4.69, 9.17) is 5.11 Å². The van der Waals surface area contributed by atoms with Crippen molar-refractivity contribution in [2.75, 3.05) is 16.0 Å². The summed E-state index contributed by atoms with van der Waals surface area (Å²) in [4.78, 5) is 45.1. The van der Waals surface area contributed by atoms with Gasteiger partial charge in [0.25, 0.3) is 0 Å². The van der Waals surface area contributed by atoms with Crippen LogP contribution in [0.2, 0.25) is 0 Å². The van der Waals surface area contributed by atoms with E-state index in [-0.39, 0.29) is 28.4 Å². The summed E-state index contributed by atoms with van der Waals surface area (Å²) in [6.07, 6.45) is 0.924. The molecule has 0 spiro atoms. The first-order valence-corrected chi connectivity index (χ1v) is 12.3. The van der Waals surface area contributed by atoms with Crippen molar-refractivity contribution in [2.45, 2.75) is 45.7 Å². The Labute approximate surface area is 226 Å². The molecule has 3 amide bonds.